The Hall–Kier alpha value is -2.80. The fourth-order valence-corrected chi connectivity index (χ4v) is 3.10. The van der Waals surface area contributed by atoms with Gasteiger partial charge >= 0.3 is 0 Å². The second kappa shape index (κ2) is 6.60. The Labute approximate surface area is 145 Å². The highest BCUT2D eigenvalue weighted by Crippen LogP contribution is 2.32. The minimum Gasteiger partial charge on any atom is -0.454 e. The predicted molar refractivity (Wildman–Crippen MR) is 92.4 cm³/mol. The second-order valence-electron chi connectivity index (χ2n) is 6.23. The van der Waals surface area contributed by atoms with Crippen LogP contribution in [-0.4, -0.2) is 53.7 Å². The van der Waals surface area contributed by atoms with E-state index in [9.17, 15) is 4.79 Å². The summed E-state index contributed by atoms with van der Waals surface area (Å²) >= 11 is 0. The van der Waals surface area contributed by atoms with Crippen molar-refractivity contribution in [3.63, 3.8) is 0 Å². The highest BCUT2D eigenvalue weighted by molar-refractivity contribution is 5.92. The number of aromatic nitrogens is 1. The molecule has 7 heteroatoms. The van der Waals surface area contributed by atoms with Gasteiger partial charge in [0.05, 0.1) is 11.9 Å². The minimum atomic E-state index is -0.0391. The summed E-state index contributed by atoms with van der Waals surface area (Å²) in [5.74, 6) is 1.57. The van der Waals surface area contributed by atoms with E-state index in [1.807, 2.05) is 17.0 Å². The molecule has 0 aliphatic carbocycles. The third kappa shape index (κ3) is 3.36. The van der Waals surface area contributed by atoms with Gasteiger partial charge in [-0.2, -0.15) is 0 Å². The van der Waals surface area contributed by atoms with E-state index in [4.69, 9.17) is 15.2 Å². The van der Waals surface area contributed by atoms with Crippen LogP contribution in [0.15, 0.2) is 36.5 Å². The van der Waals surface area contributed by atoms with Gasteiger partial charge in [-0.3, -0.25) is 9.69 Å². The maximum Gasteiger partial charge on any atom is 0.272 e. The molecule has 2 aliphatic rings. The van der Waals surface area contributed by atoms with Gasteiger partial charge < -0.3 is 20.1 Å². The summed E-state index contributed by atoms with van der Waals surface area (Å²) < 4.78 is 10.8. The number of benzene rings is 1. The maximum absolute atomic E-state index is 12.5. The average molecular weight is 340 g/mol. The van der Waals surface area contributed by atoms with Crippen LogP contribution in [0.1, 0.15) is 16.1 Å². The fourth-order valence-electron chi connectivity index (χ4n) is 3.10. The van der Waals surface area contributed by atoms with E-state index in [1.165, 1.54) is 11.8 Å². The molecule has 0 spiro atoms. The Bertz CT molecular complexity index is 770. The minimum absolute atomic E-state index is 0.0391. The Morgan fingerprint density at radius 3 is 2.64 bits per heavy atom. The molecule has 3 heterocycles. The highest BCUT2D eigenvalue weighted by Gasteiger charge is 2.23. The van der Waals surface area contributed by atoms with Crippen molar-refractivity contribution in [2.75, 3.05) is 38.7 Å². The number of rotatable bonds is 3. The van der Waals surface area contributed by atoms with Crippen LogP contribution >= 0.6 is 0 Å². The molecule has 2 aromatic rings. The lowest BCUT2D eigenvalue weighted by atomic mass is 10.1. The molecule has 0 bridgehead atoms. The lowest BCUT2D eigenvalue weighted by molar-refractivity contribution is 0.0623. The maximum atomic E-state index is 12.5. The zero-order valence-electron chi connectivity index (χ0n) is 13.9. The summed E-state index contributed by atoms with van der Waals surface area (Å²) in [5, 5.41) is 0. The Kier molecular flexibility index (Phi) is 4.15. The number of hydrogen-bond acceptors (Lipinski definition) is 6. The Morgan fingerprint density at radius 2 is 1.88 bits per heavy atom. The summed E-state index contributed by atoms with van der Waals surface area (Å²) in [6.07, 6.45) is 1.52. The molecule has 130 valence electrons. The largest absolute Gasteiger partial charge is 0.454 e. The van der Waals surface area contributed by atoms with Crippen LogP contribution in [0, 0.1) is 0 Å². The Morgan fingerprint density at radius 1 is 1.08 bits per heavy atom. The number of fused-ring (bicyclic) bond motifs is 1. The molecule has 0 radical (unpaired) electrons. The number of carbonyl (C=O) groups excluding carboxylic acids is 1. The lowest BCUT2D eigenvalue weighted by Gasteiger charge is -2.34. The number of hydrogen-bond donors (Lipinski definition) is 1. The number of anilines is 1. The number of pyridine rings is 1. The molecule has 0 atom stereocenters. The van der Waals surface area contributed by atoms with Crippen molar-refractivity contribution >= 4 is 11.6 Å². The molecule has 1 fully saturated rings. The summed E-state index contributed by atoms with van der Waals surface area (Å²) in [4.78, 5) is 20.8. The van der Waals surface area contributed by atoms with Gasteiger partial charge in [-0.25, -0.2) is 4.98 Å². The van der Waals surface area contributed by atoms with Crippen molar-refractivity contribution in [3.05, 3.63) is 47.8 Å². The Balaban J connectivity index is 1.33. The van der Waals surface area contributed by atoms with Crippen LogP contribution < -0.4 is 15.2 Å². The molecular weight excluding hydrogens is 320 g/mol. The molecule has 1 saturated heterocycles. The van der Waals surface area contributed by atoms with Gasteiger partial charge in [0.25, 0.3) is 5.91 Å². The van der Waals surface area contributed by atoms with Gasteiger partial charge in [0.1, 0.15) is 5.69 Å². The van der Waals surface area contributed by atoms with Crippen molar-refractivity contribution < 1.29 is 14.3 Å². The molecular formula is C18H20N4O3. The molecule has 4 rings (SSSR count). The SMILES string of the molecule is Nc1ccc(C(=O)N2CCN(Cc3ccc4c(c3)OCO4)CC2)nc1. The summed E-state index contributed by atoms with van der Waals surface area (Å²) in [6, 6.07) is 9.42. The standard InChI is InChI=1S/C18H20N4O3/c19-14-2-3-15(20-10-14)18(23)22-7-5-21(6-8-22)11-13-1-4-16-17(9-13)25-12-24-16/h1-4,9-10H,5-8,11-12,19H2. The lowest BCUT2D eigenvalue weighted by Crippen LogP contribution is -2.48. The number of nitrogens with two attached hydrogens (primary N) is 1. The van der Waals surface area contributed by atoms with Crippen LogP contribution in [0.4, 0.5) is 5.69 Å². The zero-order valence-corrected chi connectivity index (χ0v) is 13.9. The molecule has 1 amide bonds. The first-order valence-corrected chi connectivity index (χ1v) is 8.31. The number of amides is 1. The monoisotopic (exact) mass is 340 g/mol. The number of ether oxygens (including phenoxy) is 2. The number of nitrogen functional groups attached to an aromatic ring is 1. The van der Waals surface area contributed by atoms with E-state index in [1.54, 1.807) is 12.1 Å². The third-order valence-corrected chi connectivity index (χ3v) is 4.51. The summed E-state index contributed by atoms with van der Waals surface area (Å²) in [6.45, 7) is 4.16. The van der Waals surface area contributed by atoms with Crippen LogP contribution in [0.2, 0.25) is 0 Å². The molecule has 2 N–H and O–H groups in total. The number of nitrogens with zero attached hydrogens (tertiary/aromatic N) is 3. The van der Waals surface area contributed by atoms with E-state index in [-0.39, 0.29) is 5.91 Å². The zero-order chi connectivity index (χ0) is 17.2. The smallest absolute Gasteiger partial charge is 0.272 e. The average Bonchev–Trinajstić information content (AvgIpc) is 3.10. The van der Waals surface area contributed by atoms with Crippen molar-refractivity contribution in [1.29, 1.82) is 0 Å². The van der Waals surface area contributed by atoms with Crippen LogP contribution in [-0.2, 0) is 6.54 Å². The van der Waals surface area contributed by atoms with E-state index in [0.717, 1.165) is 31.1 Å². The van der Waals surface area contributed by atoms with Gasteiger partial charge in [-0.1, -0.05) is 6.07 Å². The number of carbonyl (C=O) groups is 1. The van der Waals surface area contributed by atoms with Crippen molar-refractivity contribution in [2.45, 2.75) is 6.54 Å². The predicted octanol–water partition coefficient (Wildman–Crippen LogP) is 1.35. The van der Waals surface area contributed by atoms with Crippen LogP contribution in [0.25, 0.3) is 0 Å². The second-order valence-corrected chi connectivity index (χ2v) is 6.23. The first-order chi connectivity index (χ1) is 12.2. The molecule has 0 saturated carbocycles. The van der Waals surface area contributed by atoms with Gasteiger partial charge in [0.2, 0.25) is 6.79 Å². The third-order valence-electron chi connectivity index (χ3n) is 4.51. The van der Waals surface area contributed by atoms with E-state index >= 15 is 0 Å². The topological polar surface area (TPSA) is 80.9 Å². The van der Waals surface area contributed by atoms with Gasteiger partial charge in [0.15, 0.2) is 11.5 Å². The first-order valence-electron chi connectivity index (χ1n) is 8.31. The molecule has 1 aromatic carbocycles. The highest BCUT2D eigenvalue weighted by atomic mass is 16.7. The van der Waals surface area contributed by atoms with Gasteiger partial charge in [-0.05, 0) is 29.8 Å². The number of piperazine rings is 1. The van der Waals surface area contributed by atoms with Crippen LogP contribution in [0.5, 0.6) is 11.5 Å². The molecule has 0 unspecified atom stereocenters. The first kappa shape index (κ1) is 15.7. The van der Waals surface area contributed by atoms with E-state index < -0.39 is 0 Å². The molecule has 2 aliphatic heterocycles. The molecule has 1 aromatic heterocycles. The van der Waals surface area contributed by atoms with Crippen molar-refractivity contribution in [3.8, 4) is 11.5 Å². The molecule has 25 heavy (non-hydrogen) atoms. The van der Waals surface area contributed by atoms with E-state index in [2.05, 4.69) is 16.0 Å². The summed E-state index contributed by atoms with van der Waals surface area (Å²) in [7, 11) is 0. The van der Waals surface area contributed by atoms with Crippen molar-refractivity contribution in [2.24, 2.45) is 0 Å². The van der Waals surface area contributed by atoms with Crippen molar-refractivity contribution in [1.82, 2.24) is 14.8 Å². The van der Waals surface area contributed by atoms with Gasteiger partial charge in [-0.15, -0.1) is 0 Å². The van der Waals surface area contributed by atoms with Crippen LogP contribution in [0.3, 0.4) is 0 Å². The molecule has 7 nitrogen and oxygen atoms in total. The normalized spacial score (nSPS) is 16.9. The summed E-state index contributed by atoms with van der Waals surface area (Å²) in [5.41, 5.74) is 7.81. The van der Waals surface area contributed by atoms with E-state index in [0.29, 0.717) is 31.3 Å². The quantitative estimate of drug-likeness (QED) is 0.908. The van der Waals surface area contributed by atoms with Gasteiger partial charge in [0, 0.05) is 32.7 Å². The fraction of sp³-hybridized carbons (Fsp3) is 0.333.